The highest BCUT2D eigenvalue weighted by molar-refractivity contribution is 4.38. The summed E-state index contributed by atoms with van der Waals surface area (Å²) in [6, 6.07) is 0. The molecule has 0 aromatic carbocycles. The molecule has 0 aliphatic carbocycles. The van der Waals surface area contributed by atoms with Crippen molar-refractivity contribution in [1.82, 2.24) is 0 Å². The summed E-state index contributed by atoms with van der Waals surface area (Å²) in [6.07, 6.45) is 1.36. The number of hydrogen-bond acceptors (Lipinski definition) is 0. The van der Waals surface area contributed by atoms with Crippen molar-refractivity contribution in [3.05, 3.63) is 0 Å². The Hall–Kier alpha value is -0.0400. The van der Waals surface area contributed by atoms with Gasteiger partial charge in [0.15, 0.2) is 0 Å². The van der Waals surface area contributed by atoms with Crippen LogP contribution in [0.25, 0.3) is 0 Å². The molecule has 1 heteroatoms. The Morgan fingerprint density at radius 2 is 2.00 bits per heavy atom. The third-order valence-corrected chi connectivity index (χ3v) is 1.24. The molecule has 8 heavy (non-hydrogen) atoms. The van der Waals surface area contributed by atoms with E-state index in [1.54, 1.807) is 0 Å². The Kier molecular flexibility index (Phi) is 5.08. The lowest BCUT2D eigenvalue weighted by Crippen LogP contribution is -2.83. The minimum absolute atomic E-state index is 0.873. The van der Waals surface area contributed by atoms with E-state index in [9.17, 15) is 0 Å². The molecule has 0 aromatic rings. The zero-order chi connectivity index (χ0) is 6.41. The molecule has 0 heterocycles. The van der Waals surface area contributed by atoms with Crippen LogP contribution in [0.1, 0.15) is 27.2 Å². The van der Waals surface area contributed by atoms with Crippen LogP contribution in [0, 0.1) is 5.92 Å². The summed E-state index contributed by atoms with van der Waals surface area (Å²) in [5.41, 5.74) is 0. The lowest BCUT2D eigenvalue weighted by atomic mass is 10.1. The van der Waals surface area contributed by atoms with Crippen molar-refractivity contribution in [3.8, 4) is 0 Å². The first kappa shape index (κ1) is 7.96. The van der Waals surface area contributed by atoms with E-state index in [0.29, 0.717) is 0 Å². The highest BCUT2D eigenvalue weighted by Gasteiger charge is 1.92. The van der Waals surface area contributed by atoms with Gasteiger partial charge in [-0.15, -0.1) is 0 Å². The van der Waals surface area contributed by atoms with Gasteiger partial charge in [0, 0.05) is 0 Å². The molecule has 0 amide bonds. The van der Waals surface area contributed by atoms with E-state index in [2.05, 4.69) is 26.1 Å². The Morgan fingerprint density at radius 3 is 2.38 bits per heavy atom. The summed E-state index contributed by atoms with van der Waals surface area (Å²) < 4.78 is 0. The smallest absolute Gasteiger partial charge is 0.0757 e. The van der Waals surface area contributed by atoms with Crippen LogP contribution in [0.15, 0.2) is 0 Å². The average molecular weight is 116 g/mol. The molecule has 0 bridgehead atoms. The zero-order valence-electron chi connectivity index (χ0n) is 6.28. The number of nitrogens with two attached hydrogens (primary N) is 1. The summed E-state index contributed by atoms with van der Waals surface area (Å²) in [5.74, 6) is 0.873. The molecule has 0 aromatic heterocycles. The van der Waals surface area contributed by atoms with E-state index in [-0.39, 0.29) is 0 Å². The fourth-order valence-electron chi connectivity index (χ4n) is 0.655. The number of rotatable bonds is 4. The molecule has 0 aliphatic heterocycles. The summed E-state index contributed by atoms with van der Waals surface area (Å²) in [4.78, 5) is 0. The number of quaternary nitrogens is 1. The van der Waals surface area contributed by atoms with Crippen LogP contribution in [-0.4, -0.2) is 13.1 Å². The fraction of sp³-hybridized carbons (Fsp3) is 1.00. The standard InChI is InChI=1S/C7H17N/c1-4-8-6-5-7(2)3/h7-8H,4-6H2,1-3H3/p+1. The van der Waals surface area contributed by atoms with Gasteiger partial charge in [0.1, 0.15) is 0 Å². The second-order valence-corrected chi connectivity index (χ2v) is 2.67. The molecular formula is C7H18N+. The topological polar surface area (TPSA) is 16.6 Å². The van der Waals surface area contributed by atoms with Crippen LogP contribution in [-0.2, 0) is 0 Å². The lowest BCUT2D eigenvalue weighted by Gasteiger charge is -2.00. The molecule has 0 radical (unpaired) electrons. The summed E-state index contributed by atoms with van der Waals surface area (Å²) in [5, 5.41) is 2.35. The predicted molar refractivity (Wildman–Crippen MR) is 36.8 cm³/mol. The Morgan fingerprint density at radius 1 is 1.38 bits per heavy atom. The molecule has 2 N–H and O–H groups in total. The largest absolute Gasteiger partial charge is 0.346 e. The molecule has 0 atom stereocenters. The SMILES string of the molecule is CC[NH2+]CCC(C)C. The Balaban J connectivity index is 2.72. The molecular weight excluding hydrogens is 98.1 g/mol. The quantitative estimate of drug-likeness (QED) is 0.518. The highest BCUT2D eigenvalue weighted by atomic mass is 14.8. The maximum Gasteiger partial charge on any atom is 0.0757 e. The van der Waals surface area contributed by atoms with Gasteiger partial charge in [0.25, 0.3) is 0 Å². The van der Waals surface area contributed by atoms with Crippen molar-refractivity contribution in [3.63, 3.8) is 0 Å². The van der Waals surface area contributed by atoms with Gasteiger partial charge in [0.05, 0.1) is 13.1 Å². The summed E-state index contributed by atoms with van der Waals surface area (Å²) >= 11 is 0. The van der Waals surface area contributed by atoms with Gasteiger partial charge >= 0.3 is 0 Å². The van der Waals surface area contributed by atoms with Crippen molar-refractivity contribution < 1.29 is 5.32 Å². The van der Waals surface area contributed by atoms with Gasteiger partial charge in [-0.3, -0.25) is 0 Å². The van der Waals surface area contributed by atoms with Gasteiger partial charge in [-0.1, -0.05) is 13.8 Å². The molecule has 0 aliphatic rings. The molecule has 50 valence electrons. The zero-order valence-corrected chi connectivity index (χ0v) is 6.28. The van der Waals surface area contributed by atoms with E-state index in [0.717, 1.165) is 5.92 Å². The van der Waals surface area contributed by atoms with Crippen molar-refractivity contribution in [2.75, 3.05) is 13.1 Å². The second-order valence-electron chi connectivity index (χ2n) is 2.67. The Bertz CT molecular complexity index is 41.7. The third kappa shape index (κ3) is 5.96. The van der Waals surface area contributed by atoms with Crippen LogP contribution in [0.3, 0.4) is 0 Å². The first-order valence-corrected chi connectivity index (χ1v) is 3.59. The minimum atomic E-state index is 0.873. The van der Waals surface area contributed by atoms with Crippen LogP contribution in [0.2, 0.25) is 0 Å². The minimum Gasteiger partial charge on any atom is -0.346 e. The van der Waals surface area contributed by atoms with Crippen LogP contribution in [0.5, 0.6) is 0 Å². The first-order valence-electron chi connectivity index (χ1n) is 3.59. The molecule has 0 unspecified atom stereocenters. The average Bonchev–Trinajstić information content (AvgIpc) is 1.66. The van der Waals surface area contributed by atoms with Crippen molar-refractivity contribution >= 4 is 0 Å². The molecule has 0 spiro atoms. The first-order chi connectivity index (χ1) is 3.77. The van der Waals surface area contributed by atoms with Crippen molar-refractivity contribution in [2.45, 2.75) is 27.2 Å². The van der Waals surface area contributed by atoms with Crippen molar-refractivity contribution in [2.24, 2.45) is 5.92 Å². The van der Waals surface area contributed by atoms with Gasteiger partial charge in [-0.2, -0.15) is 0 Å². The van der Waals surface area contributed by atoms with Gasteiger partial charge in [-0.25, -0.2) is 0 Å². The molecule has 0 saturated heterocycles. The van der Waals surface area contributed by atoms with E-state index in [1.165, 1.54) is 19.5 Å². The Labute approximate surface area is 52.5 Å². The highest BCUT2D eigenvalue weighted by Crippen LogP contribution is 1.93. The lowest BCUT2D eigenvalue weighted by molar-refractivity contribution is -0.652. The normalized spacial score (nSPS) is 10.5. The van der Waals surface area contributed by atoms with Gasteiger partial charge in [-0.05, 0) is 19.3 Å². The van der Waals surface area contributed by atoms with E-state index in [1.807, 2.05) is 0 Å². The third-order valence-electron chi connectivity index (χ3n) is 1.24. The maximum atomic E-state index is 2.35. The molecule has 1 nitrogen and oxygen atoms in total. The van der Waals surface area contributed by atoms with Crippen LogP contribution in [0.4, 0.5) is 0 Å². The van der Waals surface area contributed by atoms with Crippen LogP contribution >= 0.6 is 0 Å². The van der Waals surface area contributed by atoms with E-state index in [4.69, 9.17) is 0 Å². The van der Waals surface area contributed by atoms with Crippen LogP contribution < -0.4 is 5.32 Å². The van der Waals surface area contributed by atoms with E-state index >= 15 is 0 Å². The second kappa shape index (κ2) is 5.10. The maximum absolute atomic E-state index is 2.35. The summed E-state index contributed by atoms with van der Waals surface area (Å²) in [7, 11) is 0. The fourth-order valence-corrected chi connectivity index (χ4v) is 0.655. The molecule has 0 saturated carbocycles. The molecule has 0 rings (SSSR count). The predicted octanol–water partition coefficient (Wildman–Crippen LogP) is 0.616. The number of hydrogen-bond donors (Lipinski definition) is 1. The van der Waals surface area contributed by atoms with Gasteiger partial charge < -0.3 is 5.32 Å². The monoisotopic (exact) mass is 116 g/mol. The molecule has 0 fully saturated rings. The van der Waals surface area contributed by atoms with E-state index < -0.39 is 0 Å². The summed E-state index contributed by atoms with van der Waals surface area (Å²) in [6.45, 7) is 9.26. The van der Waals surface area contributed by atoms with Gasteiger partial charge in [0.2, 0.25) is 0 Å². The van der Waals surface area contributed by atoms with Crippen molar-refractivity contribution in [1.29, 1.82) is 0 Å².